The highest BCUT2D eigenvalue weighted by atomic mass is 16.7. The second-order valence-electron chi connectivity index (χ2n) is 15.3. The van der Waals surface area contributed by atoms with Gasteiger partial charge in [0.15, 0.2) is 6.29 Å². The summed E-state index contributed by atoms with van der Waals surface area (Å²) in [6, 6.07) is 0. The highest BCUT2D eigenvalue weighted by Gasteiger charge is 2.58. The van der Waals surface area contributed by atoms with Crippen molar-refractivity contribution in [1.82, 2.24) is 0 Å². The fraction of sp³-hybridized carbons (Fsp3) is 0.886. The molecule has 4 aliphatic carbocycles. The predicted molar refractivity (Wildman–Crippen MR) is 161 cm³/mol. The van der Waals surface area contributed by atoms with Crippen LogP contribution in [0.1, 0.15) is 99.3 Å². The summed E-state index contributed by atoms with van der Waals surface area (Å²) in [4.78, 5) is 0. The standard InChI is InChI=1S/C35H58O6/c1-7-22(20(2)3)9-8-21(4)26-12-13-27-25-11-10-23-18-24(14-16-34(23,5)28(25)15-17-35(26,27)6)40-33-32(39)31(38)30(37)29(19-36)41-33/h8-9,11,20-24,26-33,36-39H,7,10,12-19H2,1-6H3/t21-,22-,23+,24+,26-,27+,28+,29-,30-,31+,32-,33-,34+,35-/m1/s1. The Morgan fingerprint density at radius 2 is 1.66 bits per heavy atom. The molecule has 0 aromatic heterocycles. The topological polar surface area (TPSA) is 99.4 Å². The SMILES string of the molecule is CC[C@H](C=C[C@@H](C)[C@H]1CC[C@H]2C3=CC[C@H]4C[C@@H](O[C@@H]5O[C@H](CO)[C@@H](O)[C@H](O)[C@H]5O)CC[C@]4(C)[C@H]3CC[C@]12C)C(C)C. The largest absolute Gasteiger partial charge is 0.394 e. The molecule has 14 atom stereocenters. The molecule has 0 aromatic rings. The van der Waals surface area contributed by atoms with Crippen LogP contribution in [0.4, 0.5) is 0 Å². The van der Waals surface area contributed by atoms with E-state index in [1.807, 2.05) is 0 Å². The zero-order valence-corrected chi connectivity index (χ0v) is 26.4. The van der Waals surface area contributed by atoms with Crippen molar-refractivity contribution in [3.8, 4) is 0 Å². The van der Waals surface area contributed by atoms with E-state index in [4.69, 9.17) is 9.47 Å². The van der Waals surface area contributed by atoms with Crippen molar-refractivity contribution < 1.29 is 29.9 Å². The predicted octanol–water partition coefficient (Wildman–Crippen LogP) is 5.63. The molecular weight excluding hydrogens is 516 g/mol. The van der Waals surface area contributed by atoms with Crippen LogP contribution in [0, 0.1) is 52.3 Å². The third-order valence-corrected chi connectivity index (χ3v) is 12.9. The molecule has 1 saturated heterocycles. The van der Waals surface area contributed by atoms with E-state index in [9.17, 15) is 20.4 Å². The van der Waals surface area contributed by atoms with E-state index in [1.165, 1.54) is 32.1 Å². The Labute approximate surface area is 248 Å². The molecule has 6 heteroatoms. The fourth-order valence-corrected chi connectivity index (χ4v) is 10.2. The van der Waals surface area contributed by atoms with Gasteiger partial charge < -0.3 is 29.9 Å². The van der Waals surface area contributed by atoms with Crippen LogP contribution in [0.3, 0.4) is 0 Å². The van der Waals surface area contributed by atoms with Crippen LogP contribution in [-0.4, -0.2) is 63.8 Å². The van der Waals surface area contributed by atoms with Crippen LogP contribution in [0.2, 0.25) is 0 Å². The van der Waals surface area contributed by atoms with Gasteiger partial charge in [0.25, 0.3) is 0 Å². The first kappa shape index (κ1) is 31.7. The molecule has 0 bridgehead atoms. The van der Waals surface area contributed by atoms with Crippen molar-refractivity contribution in [2.45, 2.75) is 136 Å². The van der Waals surface area contributed by atoms with Gasteiger partial charge in [-0.05, 0) is 110 Å². The van der Waals surface area contributed by atoms with E-state index in [1.54, 1.807) is 5.57 Å². The lowest BCUT2D eigenvalue weighted by atomic mass is 9.47. The lowest BCUT2D eigenvalue weighted by Crippen LogP contribution is -2.60. The highest BCUT2D eigenvalue weighted by Crippen LogP contribution is 2.67. The van der Waals surface area contributed by atoms with Gasteiger partial charge >= 0.3 is 0 Å². The van der Waals surface area contributed by atoms with Gasteiger partial charge in [0.1, 0.15) is 24.4 Å². The molecule has 0 aromatic carbocycles. The number of rotatable bonds is 8. The van der Waals surface area contributed by atoms with Crippen molar-refractivity contribution in [2.75, 3.05) is 6.61 Å². The maximum absolute atomic E-state index is 10.5. The van der Waals surface area contributed by atoms with Crippen molar-refractivity contribution in [3.63, 3.8) is 0 Å². The Balaban J connectivity index is 1.26. The molecule has 6 nitrogen and oxygen atoms in total. The van der Waals surface area contributed by atoms with Gasteiger partial charge in [-0.25, -0.2) is 0 Å². The number of hydrogen-bond acceptors (Lipinski definition) is 6. The summed E-state index contributed by atoms with van der Waals surface area (Å²) >= 11 is 0. The molecule has 1 aliphatic heterocycles. The van der Waals surface area contributed by atoms with Crippen molar-refractivity contribution in [1.29, 1.82) is 0 Å². The number of ether oxygens (including phenoxy) is 2. The van der Waals surface area contributed by atoms with Gasteiger partial charge in [-0.1, -0.05) is 65.3 Å². The summed E-state index contributed by atoms with van der Waals surface area (Å²) < 4.78 is 11.9. The van der Waals surface area contributed by atoms with Crippen LogP contribution < -0.4 is 0 Å². The monoisotopic (exact) mass is 574 g/mol. The second kappa shape index (κ2) is 12.3. The maximum Gasteiger partial charge on any atom is 0.186 e. The third kappa shape index (κ3) is 5.64. The van der Waals surface area contributed by atoms with Gasteiger partial charge in [-0.15, -0.1) is 0 Å². The summed E-state index contributed by atoms with van der Waals surface area (Å²) in [6.45, 7) is 14.2. The zero-order chi connectivity index (χ0) is 29.7. The molecule has 5 rings (SSSR count). The lowest BCUT2D eigenvalue weighted by Gasteiger charge is -2.58. The molecule has 0 unspecified atom stereocenters. The minimum absolute atomic E-state index is 0.0698. The van der Waals surface area contributed by atoms with Gasteiger partial charge in [0.2, 0.25) is 0 Å². The minimum atomic E-state index is -1.40. The Kier molecular flexibility index (Phi) is 9.51. The quantitative estimate of drug-likeness (QED) is 0.281. The van der Waals surface area contributed by atoms with E-state index in [0.717, 1.165) is 31.6 Å². The molecule has 234 valence electrons. The normalized spacial score (nSPS) is 47.9. The highest BCUT2D eigenvalue weighted by molar-refractivity contribution is 5.28. The maximum atomic E-state index is 10.5. The Bertz CT molecular complexity index is 960. The van der Waals surface area contributed by atoms with Gasteiger partial charge in [-0.3, -0.25) is 0 Å². The minimum Gasteiger partial charge on any atom is -0.394 e. The summed E-state index contributed by atoms with van der Waals surface area (Å²) in [7, 11) is 0. The molecule has 41 heavy (non-hydrogen) atoms. The molecule has 3 saturated carbocycles. The molecule has 0 radical (unpaired) electrons. The van der Waals surface area contributed by atoms with E-state index < -0.39 is 37.3 Å². The van der Waals surface area contributed by atoms with Crippen LogP contribution in [0.25, 0.3) is 0 Å². The number of hydrogen-bond donors (Lipinski definition) is 4. The van der Waals surface area contributed by atoms with Gasteiger partial charge in [0, 0.05) is 0 Å². The molecule has 0 amide bonds. The first-order chi connectivity index (χ1) is 19.4. The van der Waals surface area contributed by atoms with E-state index in [-0.39, 0.29) is 11.5 Å². The first-order valence-corrected chi connectivity index (χ1v) is 16.8. The van der Waals surface area contributed by atoms with Crippen molar-refractivity contribution in [2.24, 2.45) is 52.3 Å². The van der Waals surface area contributed by atoms with E-state index in [2.05, 4.69) is 59.8 Å². The second-order valence-corrected chi connectivity index (χ2v) is 15.3. The van der Waals surface area contributed by atoms with Crippen LogP contribution in [-0.2, 0) is 9.47 Å². The van der Waals surface area contributed by atoms with Gasteiger partial charge in [0.05, 0.1) is 12.7 Å². The number of aliphatic hydroxyl groups is 4. The van der Waals surface area contributed by atoms with Crippen molar-refractivity contribution in [3.05, 3.63) is 23.8 Å². The first-order valence-electron chi connectivity index (χ1n) is 16.8. The average molecular weight is 575 g/mol. The molecule has 1 heterocycles. The Morgan fingerprint density at radius 1 is 0.951 bits per heavy atom. The Hall–Kier alpha value is -0.760. The summed E-state index contributed by atoms with van der Waals surface area (Å²) in [5.41, 5.74) is 2.41. The number of fused-ring (bicyclic) bond motifs is 5. The molecule has 0 spiro atoms. The smallest absolute Gasteiger partial charge is 0.186 e. The summed E-state index contributed by atoms with van der Waals surface area (Å²) in [5, 5.41) is 40.4. The average Bonchev–Trinajstić information content (AvgIpc) is 3.30. The van der Waals surface area contributed by atoms with Crippen LogP contribution in [0.5, 0.6) is 0 Å². The van der Waals surface area contributed by atoms with Crippen molar-refractivity contribution >= 4 is 0 Å². The lowest BCUT2D eigenvalue weighted by molar-refractivity contribution is -0.315. The molecular formula is C35H58O6. The van der Waals surface area contributed by atoms with Crippen LogP contribution >= 0.6 is 0 Å². The summed E-state index contributed by atoms with van der Waals surface area (Å²) in [5.74, 6) is 4.61. The Morgan fingerprint density at radius 3 is 2.34 bits per heavy atom. The van der Waals surface area contributed by atoms with Crippen LogP contribution in [0.15, 0.2) is 23.8 Å². The molecule has 4 N–H and O–H groups in total. The molecule has 5 aliphatic rings. The fourth-order valence-electron chi connectivity index (χ4n) is 10.2. The number of allylic oxidation sites excluding steroid dienone is 4. The molecule has 4 fully saturated rings. The summed E-state index contributed by atoms with van der Waals surface area (Å²) in [6.07, 6.45) is 12.0. The third-order valence-electron chi connectivity index (χ3n) is 12.9. The zero-order valence-electron chi connectivity index (χ0n) is 26.4. The van der Waals surface area contributed by atoms with Gasteiger partial charge in [-0.2, -0.15) is 0 Å². The number of aliphatic hydroxyl groups excluding tert-OH is 4. The van der Waals surface area contributed by atoms with E-state index >= 15 is 0 Å². The van der Waals surface area contributed by atoms with E-state index in [0.29, 0.717) is 40.9 Å².